The van der Waals surface area contributed by atoms with Crippen LogP contribution in [-0.4, -0.2) is 43.0 Å². The van der Waals surface area contributed by atoms with Gasteiger partial charge in [-0.15, -0.1) is 13.2 Å². The van der Waals surface area contributed by atoms with Gasteiger partial charge in [0.2, 0.25) is 0 Å². The van der Waals surface area contributed by atoms with Gasteiger partial charge in [0.15, 0.2) is 0 Å². The zero-order chi connectivity index (χ0) is 30.1. The third kappa shape index (κ3) is 7.45. The number of hydroxylamine groups is 1. The van der Waals surface area contributed by atoms with Gasteiger partial charge in [-0.2, -0.15) is 5.48 Å². The molecule has 1 amide bonds. The monoisotopic (exact) mass is 654 g/mol. The molecule has 3 aromatic carbocycles. The first-order chi connectivity index (χ1) is 20.3. The Morgan fingerprint density at radius 2 is 1.60 bits per heavy atom. The van der Waals surface area contributed by atoms with E-state index in [0.29, 0.717) is 11.1 Å². The molecule has 0 spiro atoms. The average molecular weight is 655 g/mol. The quantitative estimate of drug-likeness (QED) is 0.0543. The number of ether oxygens (including phenoxy) is 1. The van der Waals surface area contributed by atoms with Crippen LogP contribution in [0.5, 0.6) is 0 Å². The molecule has 0 fully saturated rings. The van der Waals surface area contributed by atoms with Gasteiger partial charge in [0, 0.05) is 18.9 Å². The summed E-state index contributed by atoms with van der Waals surface area (Å²) < 4.78 is 28.8. The predicted octanol–water partition coefficient (Wildman–Crippen LogP) is 6.72. The SMILES string of the molecule is C=CCNOP(=O)(OCC=C)C(Br)c1ccc(CC(NC(=O)OCC2c3ccccc3-c3ccccc32)C(=O)O)cc1. The lowest BCUT2D eigenvalue weighted by molar-refractivity contribution is -0.139. The maximum absolute atomic E-state index is 13.3. The number of alkyl carbamates (subject to hydrolysis) is 1. The molecule has 42 heavy (non-hydrogen) atoms. The van der Waals surface area contributed by atoms with Crippen LogP contribution in [0.15, 0.2) is 98.1 Å². The van der Waals surface area contributed by atoms with E-state index in [4.69, 9.17) is 13.9 Å². The highest BCUT2D eigenvalue weighted by molar-refractivity contribution is 9.10. The Labute approximate surface area is 253 Å². The molecule has 220 valence electrons. The lowest BCUT2D eigenvalue weighted by Crippen LogP contribution is -2.42. The van der Waals surface area contributed by atoms with Gasteiger partial charge in [0.25, 0.3) is 0 Å². The Hall–Kier alpha value is -3.53. The molecule has 3 atom stereocenters. The summed E-state index contributed by atoms with van der Waals surface area (Å²) in [6.07, 6.45) is 2.20. The van der Waals surface area contributed by atoms with Crippen LogP contribution in [0.2, 0.25) is 0 Å². The average Bonchev–Trinajstić information content (AvgIpc) is 3.32. The Morgan fingerprint density at radius 1 is 0.976 bits per heavy atom. The van der Waals surface area contributed by atoms with Crippen molar-refractivity contribution in [1.29, 1.82) is 0 Å². The second-order valence-corrected chi connectivity index (χ2v) is 13.2. The van der Waals surface area contributed by atoms with Gasteiger partial charge >= 0.3 is 19.7 Å². The molecule has 3 unspecified atom stereocenters. The van der Waals surface area contributed by atoms with Crippen LogP contribution in [0.1, 0.15) is 32.7 Å². The van der Waals surface area contributed by atoms with Crippen molar-refractivity contribution >= 4 is 35.6 Å². The summed E-state index contributed by atoms with van der Waals surface area (Å²) in [4.78, 5) is 24.7. The molecule has 4 rings (SSSR count). The van der Waals surface area contributed by atoms with Crippen molar-refractivity contribution < 1.29 is 33.1 Å². The van der Waals surface area contributed by atoms with Crippen LogP contribution in [-0.2, 0) is 29.7 Å². The number of rotatable bonds is 15. The van der Waals surface area contributed by atoms with Crippen LogP contribution in [0.3, 0.4) is 0 Å². The number of fused-ring (bicyclic) bond motifs is 3. The second kappa shape index (κ2) is 14.6. The summed E-state index contributed by atoms with van der Waals surface area (Å²) in [5, 5.41) is 12.3. The molecule has 0 bridgehead atoms. The highest BCUT2D eigenvalue weighted by atomic mass is 79.9. The number of hydrogen-bond donors (Lipinski definition) is 3. The molecule has 11 heteroatoms. The highest BCUT2D eigenvalue weighted by Crippen LogP contribution is 2.63. The minimum absolute atomic E-state index is 0.00871. The van der Waals surface area contributed by atoms with E-state index in [1.807, 2.05) is 48.5 Å². The summed E-state index contributed by atoms with van der Waals surface area (Å²) >= 11 is 3.41. The van der Waals surface area contributed by atoms with Crippen molar-refractivity contribution in [2.24, 2.45) is 0 Å². The van der Waals surface area contributed by atoms with Crippen LogP contribution < -0.4 is 10.8 Å². The minimum atomic E-state index is -3.69. The minimum Gasteiger partial charge on any atom is -0.480 e. The van der Waals surface area contributed by atoms with E-state index < -0.39 is 30.3 Å². The van der Waals surface area contributed by atoms with Crippen LogP contribution in [0.25, 0.3) is 11.1 Å². The topological polar surface area (TPSA) is 123 Å². The highest BCUT2D eigenvalue weighted by Gasteiger charge is 2.36. The molecule has 0 saturated carbocycles. The molecule has 9 nitrogen and oxygen atoms in total. The molecule has 0 heterocycles. The summed E-state index contributed by atoms with van der Waals surface area (Å²) in [6, 6.07) is 21.5. The summed E-state index contributed by atoms with van der Waals surface area (Å²) in [6.45, 7) is 7.49. The lowest BCUT2D eigenvalue weighted by Gasteiger charge is -2.23. The van der Waals surface area contributed by atoms with Gasteiger partial charge in [-0.3, -0.25) is 4.57 Å². The maximum Gasteiger partial charge on any atom is 0.407 e. The Balaban J connectivity index is 1.38. The number of aliphatic carboxylic acids is 1. The largest absolute Gasteiger partial charge is 0.480 e. The van der Waals surface area contributed by atoms with Crippen molar-refractivity contribution in [1.82, 2.24) is 10.8 Å². The first-order valence-electron chi connectivity index (χ1n) is 13.2. The number of hydrogen-bond acceptors (Lipinski definition) is 7. The first kappa shape index (κ1) is 31.4. The number of benzene rings is 3. The van der Waals surface area contributed by atoms with E-state index in [0.717, 1.165) is 22.3 Å². The van der Waals surface area contributed by atoms with Gasteiger partial charge in [0.1, 0.15) is 17.2 Å². The predicted molar refractivity (Wildman–Crippen MR) is 164 cm³/mol. The molecule has 1 aliphatic carbocycles. The number of carboxylic acid groups (broad SMARTS) is 1. The third-order valence-corrected chi connectivity index (χ3v) is 10.5. The fourth-order valence-electron chi connectivity index (χ4n) is 4.69. The molecular formula is C31H32BrN2O7P. The van der Waals surface area contributed by atoms with Gasteiger partial charge in [-0.05, 0) is 33.4 Å². The van der Waals surface area contributed by atoms with Gasteiger partial charge < -0.3 is 19.7 Å². The molecule has 1 aliphatic rings. The third-order valence-electron chi connectivity index (χ3n) is 6.70. The molecule has 0 aromatic heterocycles. The summed E-state index contributed by atoms with van der Waals surface area (Å²) in [7, 11) is -3.69. The van der Waals surface area contributed by atoms with E-state index in [2.05, 4.69) is 39.9 Å². The van der Waals surface area contributed by atoms with Crippen molar-refractivity contribution in [2.45, 2.75) is 22.9 Å². The Morgan fingerprint density at radius 3 is 2.17 bits per heavy atom. The number of carboxylic acids is 1. The maximum atomic E-state index is 13.3. The van der Waals surface area contributed by atoms with E-state index in [-0.39, 0.29) is 32.1 Å². The van der Waals surface area contributed by atoms with Gasteiger partial charge in [-0.25, -0.2) is 14.2 Å². The fourth-order valence-corrected chi connectivity index (χ4v) is 6.99. The number of halogens is 1. The van der Waals surface area contributed by atoms with Crippen molar-refractivity contribution in [3.63, 3.8) is 0 Å². The van der Waals surface area contributed by atoms with Gasteiger partial charge in [-0.1, -0.05) is 101 Å². The normalized spacial score (nSPS) is 15.0. The van der Waals surface area contributed by atoms with Crippen molar-refractivity contribution in [2.75, 3.05) is 19.8 Å². The fraction of sp³-hybridized carbons (Fsp3) is 0.226. The zero-order valence-corrected chi connectivity index (χ0v) is 25.3. The standard InChI is InChI=1S/C31H32BrN2O7P/c1-3-17-33-41-42(38,40-18-4-2)29(32)22-15-13-21(14-16-22)19-28(30(35)36)34-31(37)39-20-27-25-11-7-5-9-23(25)24-10-6-8-12-26(24)27/h3-16,27-29,33H,1-2,17-20H2,(H,34,37)(H,35,36). The van der Waals surface area contributed by atoms with Crippen LogP contribution in [0.4, 0.5) is 4.79 Å². The zero-order valence-electron chi connectivity index (χ0n) is 22.8. The number of amides is 1. The first-order valence-corrected chi connectivity index (χ1v) is 15.7. The van der Waals surface area contributed by atoms with Crippen molar-refractivity contribution in [3.8, 4) is 11.1 Å². The van der Waals surface area contributed by atoms with E-state index in [1.54, 1.807) is 30.3 Å². The Kier molecular flexibility index (Phi) is 10.9. The van der Waals surface area contributed by atoms with Gasteiger partial charge in [0.05, 0.1) is 6.61 Å². The van der Waals surface area contributed by atoms with E-state index in [9.17, 15) is 19.3 Å². The van der Waals surface area contributed by atoms with Crippen molar-refractivity contribution in [3.05, 3.63) is 120 Å². The molecule has 0 radical (unpaired) electrons. The molecular weight excluding hydrogens is 623 g/mol. The summed E-state index contributed by atoms with van der Waals surface area (Å²) in [5.41, 5.74) is 8.10. The number of nitrogens with one attached hydrogen (secondary N) is 2. The number of carbonyl (C=O) groups excluding carboxylic acids is 1. The van der Waals surface area contributed by atoms with Crippen LogP contribution in [0, 0.1) is 0 Å². The second-order valence-electron chi connectivity index (χ2n) is 9.49. The van der Waals surface area contributed by atoms with E-state index >= 15 is 0 Å². The molecule has 0 aliphatic heterocycles. The van der Waals surface area contributed by atoms with E-state index in [1.165, 1.54) is 6.08 Å². The summed E-state index contributed by atoms with van der Waals surface area (Å²) in [5.74, 6) is -1.34. The Bertz CT molecular complexity index is 1430. The smallest absolute Gasteiger partial charge is 0.407 e. The van der Waals surface area contributed by atoms with Crippen LogP contribution >= 0.6 is 23.5 Å². The lowest BCUT2D eigenvalue weighted by atomic mass is 9.98. The molecule has 3 aromatic rings. The molecule has 3 N–H and O–H groups in total. The number of alkyl halides is 1. The molecule has 0 saturated heterocycles. The number of carbonyl (C=O) groups is 2.